The van der Waals surface area contributed by atoms with E-state index in [2.05, 4.69) is 5.32 Å². The summed E-state index contributed by atoms with van der Waals surface area (Å²) in [5, 5.41) is 10.7. The standard InChI is InChI=1S/C6H11NO2.H2/c8-6(9)7-5-3-1-2-4-5;/h5,7H,1-4H2,(H,8,9);1H. The second kappa shape index (κ2) is 2.71. The minimum absolute atomic E-state index is 0. The molecule has 1 aliphatic carbocycles. The quantitative estimate of drug-likeness (QED) is 0.565. The van der Waals surface area contributed by atoms with Gasteiger partial charge in [0.1, 0.15) is 0 Å². The third kappa shape index (κ3) is 1.91. The van der Waals surface area contributed by atoms with Crippen LogP contribution in [0.3, 0.4) is 0 Å². The summed E-state index contributed by atoms with van der Waals surface area (Å²) in [4.78, 5) is 10.0. The second-order valence-electron chi connectivity index (χ2n) is 2.43. The molecule has 0 aromatic rings. The van der Waals surface area contributed by atoms with Crippen LogP contribution in [0.1, 0.15) is 27.1 Å². The zero-order chi connectivity index (χ0) is 6.69. The molecule has 0 spiro atoms. The molecule has 54 valence electrons. The van der Waals surface area contributed by atoms with E-state index in [0.29, 0.717) is 0 Å². The highest BCUT2D eigenvalue weighted by molar-refractivity contribution is 5.64. The number of hydrogen-bond donors (Lipinski definition) is 2. The molecule has 0 saturated heterocycles. The summed E-state index contributed by atoms with van der Waals surface area (Å²) in [5.41, 5.74) is 0. The molecule has 0 aliphatic heterocycles. The molecule has 1 aliphatic rings. The summed E-state index contributed by atoms with van der Waals surface area (Å²) in [6.45, 7) is 0. The summed E-state index contributed by atoms with van der Waals surface area (Å²) in [5.74, 6) is 0. The van der Waals surface area contributed by atoms with Gasteiger partial charge in [0.05, 0.1) is 0 Å². The summed E-state index contributed by atoms with van der Waals surface area (Å²) in [6.07, 6.45) is 3.50. The van der Waals surface area contributed by atoms with E-state index in [-0.39, 0.29) is 7.47 Å². The topological polar surface area (TPSA) is 49.3 Å². The van der Waals surface area contributed by atoms with Gasteiger partial charge in [0.15, 0.2) is 0 Å². The molecule has 9 heavy (non-hydrogen) atoms. The first-order valence-electron chi connectivity index (χ1n) is 3.28. The SMILES string of the molecule is O=C(O)NC1CCCC1.[HH]. The second-order valence-corrected chi connectivity index (χ2v) is 2.43. The zero-order valence-electron chi connectivity index (χ0n) is 5.26. The van der Waals surface area contributed by atoms with Gasteiger partial charge < -0.3 is 10.4 Å². The Hall–Kier alpha value is -0.730. The van der Waals surface area contributed by atoms with Gasteiger partial charge in [-0.05, 0) is 12.8 Å². The molecule has 0 heterocycles. The number of nitrogens with one attached hydrogen (secondary N) is 1. The van der Waals surface area contributed by atoms with E-state index in [1.165, 1.54) is 12.8 Å². The van der Waals surface area contributed by atoms with Crippen LogP contribution in [0.5, 0.6) is 0 Å². The molecule has 3 nitrogen and oxygen atoms in total. The normalized spacial score (nSPS) is 20.0. The smallest absolute Gasteiger partial charge is 0.404 e. The van der Waals surface area contributed by atoms with Gasteiger partial charge in [-0.25, -0.2) is 4.79 Å². The van der Waals surface area contributed by atoms with Crippen molar-refractivity contribution >= 4 is 6.09 Å². The Morgan fingerprint density at radius 2 is 2.11 bits per heavy atom. The Balaban J connectivity index is 0.000000810. The van der Waals surface area contributed by atoms with Gasteiger partial charge in [-0.15, -0.1) is 0 Å². The van der Waals surface area contributed by atoms with E-state index < -0.39 is 6.09 Å². The van der Waals surface area contributed by atoms with Crippen LogP contribution < -0.4 is 5.32 Å². The molecule has 1 fully saturated rings. The highest BCUT2D eigenvalue weighted by Gasteiger charge is 2.15. The Morgan fingerprint density at radius 1 is 1.56 bits per heavy atom. The Labute approximate surface area is 55.5 Å². The van der Waals surface area contributed by atoms with Crippen LogP contribution in [-0.4, -0.2) is 17.2 Å². The van der Waals surface area contributed by atoms with Gasteiger partial charge in [0, 0.05) is 7.47 Å². The first-order valence-corrected chi connectivity index (χ1v) is 3.28. The zero-order valence-corrected chi connectivity index (χ0v) is 5.26. The maximum Gasteiger partial charge on any atom is 0.404 e. The lowest BCUT2D eigenvalue weighted by Crippen LogP contribution is -2.30. The maximum atomic E-state index is 10.0. The molecule has 0 aromatic carbocycles. The fraction of sp³-hybridized carbons (Fsp3) is 0.833. The van der Waals surface area contributed by atoms with Crippen LogP contribution in [0, 0.1) is 0 Å². The van der Waals surface area contributed by atoms with Gasteiger partial charge in [-0.1, -0.05) is 12.8 Å². The summed E-state index contributed by atoms with van der Waals surface area (Å²) in [7, 11) is 0. The largest absolute Gasteiger partial charge is 0.465 e. The van der Waals surface area contributed by atoms with Crippen molar-refractivity contribution in [2.75, 3.05) is 0 Å². The van der Waals surface area contributed by atoms with Crippen LogP contribution in [0.4, 0.5) is 4.79 Å². The minimum atomic E-state index is -0.887. The van der Waals surface area contributed by atoms with Crippen LogP contribution >= 0.6 is 0 Å². The first kappa shape index (κ1) is 6.39. The van der Waals surface area contributed by atoms with Gasteiger partial charge in [-0.3, -0.25) is 0 Å². The Kier molecular flexibility index (Phi) is 1.92. The molecule has 1 amide bonds. The summed E-state index contributed by atoms with van der Waals surface area (Å²) < 4.78 is 0. The number of carboxylic acid groups (broad SMARTS) is 1. The van der Waals surface area contributed by atoms with Crippen LogP contribution in [0.15, 0.2) is 0 Å². The first-order chi connectivity index (χ1) is 4.29. The molecule has 0 aromatic heterocycles. The van der Waals surface area contributed by atoms with Crippen molar-refractivity contribution in [3.05, 3.63) is 0 Å². The molecule has 0 unspecified atom stereocenters. The molecule has 0 bridgehead atoms. The lowest BCUT2D eigenvalue weighted by Gasteiger charge is -2.06. The van der Waals surface area contributed by atoms with Gasteiger partial charge in [-0.2, -0.15) is 0 Å². The number of amides is 1. The lowest BCUT2D eigenvalue weighted by molar-refractivity contribution is 0.190. The molecular weight excluding hydrogens is 118 g/mol. The third-order valence-electron chi connectivity index (χ3n) is 1.68. The van der Waals surface area contributed by atoms with Crippen molar-refractivity contribution in [3.63, 3.8) is 0 Å². The predicted octanol–water partition coefficient (Wildman–Crippen LogP) is 1.44. The van der Waals surface area contributed by atoms with Crippen molar-refractivity contribution in [3.8, 4) is 0 Å². The fourth-order valence-corrected chi connectivity index (χ4v) is 1.24. The van der Waals surface area contributed by atoms with E-state index in [1.54, 1.807) is 0 Å². The fourth-order valence-electron chi connectivity index (χ4n) is 1.24. The highest BCUT2D eigenvalue weighted by Crippen LogP contribution is 2.17. The van der Waals surface area contributed by atoms with Gasteiger partial charge >= 0.3 is 6.09 Å². The third-order valence-corrected chi connectivity index (χ3v) is 1.68. The minimum Gasteiger partial charge on any atom is -0.465 e. The highest BCUT2D eigenvalue weighted by atomic mass is 16.4. The number of rotatable bonds is 1. The van der Waals surface area contributed by atoms with E-state index in [0.717, 1.165) is 12.8 Å². The molecule has 0 atom stereocenters. The van der Waals surface area contributed by atoms with Crippen molar-refractivity contribution in [2.24, 2.45) is 0 Å². The molecule has 0 radical (unpaired) electrons. The molecule has 2 N–H and O–H groups in total. The van der Waals surface area contributed by atoms with Gasteiger partial charge in [0.2, 0.25) is 0 Å². The Morgan fingerprint density at radius 3 is 2.56 bits per heavy atom. The van der Waals surface area contributed by atoms with E-state index in [9.17, 15) is 4.79 Å². The van der Waals surface area contributed by atoms with E-state index in [4.69, 9.17) is 5.11 Å². The molecular formula is C6H13NO2. The van der Waals surface area contributed by atoms with Crippen LogP contribution in [0.2, 0.25) is 0 Å². The van der Waals surface area contributed by atoms with Crippen molar-refractivity contribution < 1.29 is 11.3 Å². The number of hydrogen-bond acceptors (Lipinski definition) is 1. The van der Waals surface area contributed by atoms with Crippen LogP contribution in [0.25, 0.3) is 0 Å². The molecule has 3 heteroatoms. The summed E-state index contributed by atoms with van der Waals surface area (Å²) >= 11 is 0. The average molecular weight is 131 g/mol. The lowest BCUT2D eigenvalue weighted by atomic mass is 10.3. The van der Waals surface area contributed by atoms with E-state index >= 15 is 0 Å². The van der Waals surface area contributed by atoms with Crippen molar-refractivity contribution in [2.45, 2.75) is 31.7 Å². The van der Waals surface area contributed by atoms with Crippen molar-refractivity contribution in [1.29, 1.82) is 0 Å². The molecule has 1 saturated carbocycles. The summed E-state index contributed by atoms with van der Waals surface area (Å²) in [6, 6.07) is 0.238. The van der Waals surface area contributed by atoms with E-state index in [1.807, 2.05) is 0 Å². The maximum absolute atomic E-state index is 10.0. The Bertz CT molecular complexity index is 112. The predicted molar refractivity (Wildman–Crippen MR) is 35.5 cm³/mol. The molecule has 1 rings (SSSR count). The monoisotopic (exact) mass is 131 g/mol. The van der Waals surface area contributed by atoms with Crippen LogP contribution in [-0.2, 0) is 0 Å². The van der Waals surface area contributed by atoms with Gasteiger partial charge in [0.25, 0.3) is 0 Å². The van der Waals surface area contributed by atoms with Crippen molar-refractivity contribution in [1.82, 2.24) is 5.32 Å². The number of carbonyl (C=O) groups is 1. The average Bonchev–Trinajstić information content (AvgIpc) is 2.15.